The summed E-state index contributed by atoms with van der Waals surface area (Å²) in [4.78, 5) is 28.2. The summed E-state index contributed by atoms with van der Waals surface area (Å²) < 4.78 is 16.7. The molecular weight excluding hydrogens is 458 g/mol. The smallest absolute Gasteiger partial charge is 0.300 e. The summed E-state index contributed by atoms with van der Waals surface area (Å²) in [6.07, 6.45) is 0. The molecule has 7 nitrogen and oxygen atoms in total. The number of aryl methyl sites for hydroxylation is 1. The predicted octanol–water partition coefficient (Wildman–Crippen LogP) is 5.43. The zero-order valence-electron chi connectivity index (χ0n) is 20.8. The van der Waals surface area contributed by atoms with Crippen LogP contribution >= 0.6 is 0 Å². The van der Waals surface area contributed by atoms with Gasteiger partial charge in [0.2, 0.25) is 0 Å². The van der Waals surface area contributed by atoms with Gasteiger partial charge in [0.25, 0.3) is 11.7 Å². The zero-order chi connectivity index (χ0) is 25.8. The number of methoxy groups -OCH3 is 1. The maximum absolute atomic E-state index is 13.4. The number of nitrogens with zero attached hydrogens (tertiary/aromatic N) is 1. The number of Topliss-reactive ketones (excluding diaryl/α,β-unsaturated/α-hetero) is 1. The van der Waals surface area contributed by atoms with E-state index in [0.717, 1.165) is 5.56 Å². The number of carbonyl (C=O) groups is 2. The average molecular weight is 488 g/mol. The molecule has 1 aliphatic rings. The Kier molecular flexibility index (Phi) is 7.29. The van der Waals surface area contributed by atoms with E-state index >= 15 is 0 Å². The fourth-order valence-corrected chi connectivity index (χ4v) is 4.35. The van der Waals surface area contributed by atoms with Gasteiger partial charge in [0, 0.05) is 11.3 Å². The van der Waals surface area contributed by atoms with Crippen LogP contribution in [-0.4, -0.2) is 37.1 Å². The second kappa shape index (κ2) is 10.6. The number of hydrogen-bond acceptors (Lipinski definition) is 6. The van der Waals surface area contributed by atoms with Crippen LogP contribution in [0.2, 0.25) is 0 Å². The highest BCUT2D eigenvalue weighted by Gasteiger charge is 2.47. The Balaban J connectivity index is 1.92. The van der Waals surface area contributed by atoms with E-state index in [-0.39, 0.29) is 11.3 Å². The highest BCUT2D eigenvalue weighted by Crippen LogP contribution is 2.44. The Morgan fingerprint density at radius 2 is 1.64 bits per heavy atom. The lowest BCUT2D eigenvalue weighted by Crippen LogP contribution is -2.29. The lowest BCUT2D eigenvalue weighted by atomic mass is 9.94. The third-order valence-electron chi connectivity index (χ3n) is 5.97. The van der Waals surface area contributed by atoms with Crippen LogP contribution in [0.1, 0.15) is 36.6 Å². The molecule has 1 amide bonds. The lowest BCUT2D eigenvalue weighted by molar-refractivity contribution is -0.132. The third kappa shape index (κ3) is 4.64. The summed E-state index contributed by atoms with van der Waals surface area (Å²) in [6, 6.07) is 18.5. The number of ether oxygens (including phenoxy) is 3. The van der Waals surface area contributed by atoms with E-state index in [1.54, 1.807) is 55.6 Å². The van der Waals surface area contributed by atoms with E-state index < -0.39 is 17.7 Å². The molecule has 3 aromatic carbocycles. The largest absolute Gasteiger partial charge is 0.507 e. The molecule has 7 heteroatoms. The van der Waals surface area contributed by atoms with E-state index in [0.29, 0.717) is 47.3 Å². The molecule has 0 radical (unpaired) electrons. The number of amides is 1. The Bertz CT molecular complexity index is 1310. The number of aliphatic hydroxyl groups is 1. The molecule has 0 aromatic heterocycles. The summed E-state index contributed by atoms with van der Waals surface area (Å²) in [5.41, 5.74) is 2.50. The SMILES string of the molecule is CCOc1ccc(/C(O)=C2/C(=O)C(=O)N(c3cccc(C)c3)C2c2ccc(OC)c(OCC)c2)cc1. The van der Waals surface area contributed by atoms with Crippen molar-refractivity contribution in [2.45, 2.75) is 26.8 Å². The number of carbonyl (C=O) groups excluding carboxylic acids is 2. The maximum Gasteiger partial charge on any atom is 0.300 e. The van der Waals surface area contributed by atoms with Gasteiger partial charge in [0.05, 0.1) is 31.9 Å². The summed E-state index contributed by atoms with van der Waals surface area (Å²) in [6.45, 7) is 6.56. The first-order valence-electron chi connectivity index (χ1n) is 11.8. The molecule has 1 N–H and O–H groups in total. The lowest BCUT2D eigenvalue weighted by Gasteiger charge is -2.26. The predicted molar refractivity (Wildman–Crippen MR) is 138 cm³/mol. The Labute approximate surface area is 210 Å². The molecule has 0 aliphatic carbocycles. The van der Waals surface area contributed by atoms with Crippen molar-refractivity contribution in [3.8, 4) is 17.2 Å². The summed E-state index contributed by atoms with van der Waals surface area (Å²) in [5, 5.41) is 11.3. The average Bonchev–Trinajstić information content (AvgIpc) is 3.14. The van der Waals surface area contributed by atoms with Crippen molar-refractivity contribution >= 4 is 23.1 Å². The molecule has 186 valence electrons. The maximum atomic E-state index is 13.4. The van der Waals surface area contributed by atoms with Crippen molar-refractivity contribution in [2.24, 2.45) is 0 Å². The van der Waals surface area contributed by atoms with Gasteiger partial charge >= 0.3 is 0 Å². The first-order valence-corrected chi connectivity index (χ1v) is 11.8. The number of benzene rings is 3. The molecule has 0 bridgehead atoms. The van der Waals surface area contributed by atoms with Gasteiger partial charge in [-0.3, -0.25) is 14.5 Å². The van der Waals surface area contributed by atoms with E-state index in [4.69, 9.17) is 14.2 Å². The van der Waals surface area contributed by atoms with Gasteiger partial charge in [-0.15, -0.1) is 0 Å². The first-order chi connectivity index (χ1) is 17.4. The molecule has 1 saturated heterocycles. The summed E-state index contributed by atoms with van der Waals surface area (Å²) >= 11 is 0. The molecule has 1 unspecified atom stereocenters. The number of anilines is 1. The van der Waals surface area contributed by atoms with Crippen molar-refractivity contribution in [1.29, 1.82) is 0 Å². The van der Waals surface area contributed by atoms with E-state index in [9.17, 15) is 14.7 Å². The number of rotatable bonds is 8. The van der Waals surface area contributed by atoms with Crippen molar-refractivity contribution in [2.75, 3.05) is 25.2 Å². The van der Waals surface area contributed by atoms with E-state index in [1.807, 2.05) is 39.0 Å². The fourth-order valence-electron chi connectivity index (χ4n) is 4.35. The molecule has 0 saturated carbocycles. The van der Waals surface area contributed by atoms with Gasteiger partial charge < -0.3 is 19.3 Å². The molecule has 0 spiro atoms. The molecule has 1 aliphatic heterocycles. The van der Waals surface area contributed by atoms with Crippen LogP contribution in [0.25, 0.3) is 5.76 Å². The quantitative estimate of drug-likeness (QED) is 0.259. The van der Waals surface area contributed by atoms with Crippen molar-refractivity contribution < 1.29 is 28.9 Å². The molecule has 3 aromatic rings. The third-order valence-corrected chi connectivity index (χ3v) is 5.97. The first kappa shape index (κ1) is 24.9. The topological polar surface area (TPSA) is 85.3 Å². The fraction of sp³-hybridized carbons (Fsp3) is 0.241. The van der Waals surface area contributed by atoms with Gasteiger partial charge in [0.15, 0.2) is 11.5 Å². The Morgan fingerprint density at radius 3 is 2.28 bits per heavy atom. The van der Waals surface area contributed by atoms with Crippen molar-refractivity contribution in [3.63, 3.8) is 0 Å². The van der Waals surface area contributed by atoms with Gasteiger partial charge in [0.1, 0.15) is 11.5 Å². The van der Waals surface area contributed by atoms with Crippen molar-refractivity contribution in [3.05, 3.63) is 89.0 Å². The van der Waals surface area contributed by atoms with Crippen LogP contribution < -0.4 is 19.1 Å². The van der Waals surface area contributed by atoms with E-state index in [1.165, 1.54) is 4.90 Å². The van der Waals surface area contributed by atoms with Gasteiger partial charge in [-0.1, -0.05) is 18.2 Å². The van der Waals surface area contributed by atoms with Crippen LogP contribution in [0.3, 0.4) is 0 Å². The highest BCUT2D eigenvalue weighted by atomic mass is 16.5. The molecule has 1 fully saturated rings. The molecule has 36 heavy (non-hydrogen) atoms. The molecule has 4 rings (SSSR count). The minimum atomic E-state index is -0.872. The van der Waals surface area contributed by atoms with Crippen LogP contribution in [0.4, 0.5) is 5.69 Å². The van der Waals surface area contributed by atoms with Gasteiger partial charge in [-0.25, -0.2) is 0 Å². The van der Waals surface area contributed by atoms with Crippen molar-refractivity contribution in [1.82, 2.24) is 0 Å². The van der Waals surface area contributed by atoms with Crippen LogP contribution in [0, 0.1) is 6.92 Å². The molecule has 1 heterocycles. The molecule has 1 atom stereocenters. The summed E-state index contributed by atoms with van der Waals surface area (Å²) in [7, 11) is 1.54. The standard InChI is InChI=1S/C29H29NO6/c1-5-35-22-13-10-19(11-14-22)27(31)25-26(20-12-15-23(34-4)24(17-20)36-6-2)30(29(33)28(25)32)21-9-7-8-18(3)16-21/h7-17,26,31H,5-6H2,1-4H3/b27-25-. The van der Waals surface area contributed by atoms with E-state index in [2.05, 4.69) is 0 Å². The Hall–Kier alpha value is -4.26. The Morgan fingerprint density at radius 1 is 0.917 bits per heavy atom. The van der Waals surface area contributed by atoms with Crippen LogP contribution in [0.5, 0.6) is 17.2 Å². The summed E-state index contributed by atoms with van der Waals surface area (Å²) in [5.74, 6) is -0.0887. The second-order valence-electron chi connectivity index (χ2n) is 8.31. The number of ketones is 1. The van der Waals surface area contributed by atoms with Crippen LogP contribution in [0.15, 0.2) is 72.3 Å². The minimum absolute atomic E-state index is 0.00159. The monoisotopic (exact) mass is 487 g/mol. The highest BCUT2D eigenvalue weighted by molar-refractivity contribution is 6.51. The van der Waals surface area contributed by atoms with Gasteiger partial charge in [-0.05, 0) is 80.4 Å². The zero-order valence-corrected chi connectivity index (χ0v) is 20.8. The molecular formula is C29H29NO6. The number of hydrogen-bond donors (Lipinski definition) is 1. The number of aliphatic hydroxyl groups excluding tert-OH is 1. The normalized spacial score (nSPS) is 16.8. The second-order valence-corrected chi connectivity index (χ2v) is 8.31. The van der Waals surface area contributed by atoms with Gasteiger partial charge in [-0.2, -0.15) is 0 Å². The minimum Gasteiger partial charge on any atom is -0.507 e. The van der Waals surface area contributed by atoms with Crippen LogP contribution in [-0.2, 0) is 9.59 Å².